The minimum Gasteiger partial charge on any atom is -0.508 e. The molecule has 6 heteroatoms. The second-order valence-corrected chi connectivity index (χ2v) is 4.90. The molecular formula is C13H8F2INO2. The molecule has 0 unspecified atom stereocenters. The van der Waals surface area contributed by atoms with Crippen LogP contribution in [0, 0.1) is 15.2 Å². The van der Waals surface area contributed by atoms with E-state index in [0.29, 0.717) is 3.57 Å². The van der Waals surface area contributed by atoms with Crippen LogP contribution in [0.15, 0.2) is 36.4 Å². The molecule has 2 N–H and O–H groups in total. The molecule has 1 amide bonds. The maximum atomic E-state index is 13.5. The van der Waals surface area contributed by atoms with Crippen molar-refractivity contribution in [2.45, 2.75) is 0 Å². The number of nitrogens with one attached hydrogen (secondary N) is 1. The summed E-state index contributed by atoms with van der Waals surface area (Å²) in [5.74, 6) is -1.97. The van der Waals surface area contributed by atoms with Gasteiger partial charge in [-0.25, -0.2) is 8.78 Å². The van der Waals surface area contributed by atoms with Crippen LogP contribution in [0.5, 0.6) is 5.75 Å². The number of carbonyl (C=O) groups excluding carboxylic acids is 1. The lowest BCUT2D eigenvalue weighted by molar-refractivity contribution is 0.102. The van der Waals surface area contributed by atoms with Gasteiger partial charge in [-0.1, -0.05) is 0 Å². The minimum atomic E-state index is -0.745. The fourth-order valence-corrected chi connectivity index (χ4v) is 2.19. The van der Waals surface area contributed by atoms with Gasteiger partial charge in [0.15, 0.2) is 0 Å². The van der Waals surface area contributed by atoms with Crippen LogP contribution in [-0.4, -0.2) is 11.0 Å². The fraction of sp³-hybridized carbons (Fsp3) is 0. The lowest BCUT2D eigenvalue weighted by Gasteiger charge is -2.08. The summed E-state index contributed by atoms with van der Waals surface area (Å²) in [5.41, 5.74) is 0.192. The first-order valence-electron chi connectivity index (χ1n) is 5.22. The van der Waals surface area contributed by atoms with Gasteiger partial charge in [0.2, 0.25) is 0 Å². The summed E-state index contributed by atoms with van der Waals surface area (Å²) < 4.78 is 26.8. The highest BCUT2D eigenvalue weighted by molar-refractivity contribution is 14.1. The molecule has 0 spiro atoms. The number of phenols is 1. The summed E-state index contributed by atoms with van der Waals surface area (Å²) in [6.45, 7) is 0. The van der Waals surface area contributed by atoms with Crippen molar-refractivity contribution in [2.24, 2.45) is 0 Å². The highest BCUT2D eigenvalue weighted by atomic mass is 127. The molecule has 0 fully saturated rings. The summed E-state index contributed by atoms with van der Waals surface area (Å²) in [7, 11) is 0. The van der Waals surface area contributed by atoms with Crippen LogP contribution in [0.25, 0.3) is 0 Å². The van der Waals surface area contributed by atoms with E-state index in [2.05, 4.69) is 5.32 Å². The minimum absolute atomic E-state index is 0.0528. The van der Waals surface area contributed by atoms with Gasteiger partial charge in [0.05, 0.1) is 11.3 Å². The number of anilines is 1. The van der Waals surface area contributed by atoms with Crippen molar-refractivity contribution in [3.8, 4) is 5.75 Å². The predicted molar refractivity (Wildman–Crippen MR) is 75.1 cm³/mol. The standard InChI is InChI=1S/C13H8F2INO2/c14-7-1-3-9(11(16)5-7)13(19)17-12-4-2-8(18)6-10(12)15/h1-6,18H,(H,17,19). The van der Waals surface area contributed by atoms with Gasteiger partial charge in [-0.3, -0.25) is 4.79 Å². The number of halogens is 3. The number of rotatable bonds is 2. The second-order valence-electron chi connectivity index (χ2n) is 3.74. The number of carbonyl (C=O) groups is 1. The molecule has 0 saturated heterocycles. The molecule has 3 nitrogen and oxygen atoms in total. The summed E-state index contributed by atoms with van der Waals surface area (Å²) in [6, 6.07) is 7.09. The van der Waals surface area contributed by atoms with E-state index in [1.54, 1.807) is 0 Å². The molecule has 0 aliphatic carbocycles. The molecular weight excluding hydrogens is 367 g/mol. The van der Waals surface area contributed by atoms with Crippen LogP contribution < -0.4 is 5.32 Å². The molecule has 0 aliphatic rings. The van der Waals surface area contributed by atoms with Crippen LogP contribution >= 0.6 is 22.6 Å². The fourth-order valence-electron chi connectivity index (χ4n) is 1.47. The predicted octanol–water partition coefficient (Wildman–Crippen LogP) is 3.53. The molecule has 98 valence electrons. The Kier molecular flexibility index (Phi) is 3.98. The number of phenolic OH excluding ortho intramolecular Hbond substituents is 1. The highest BCUT2D eigenvalue weighted by Crippen LogP contribution is 2.21. The SMILES string of the molecule is O=C(Nc1ccc(O)cc1F)c1ccc(F)cc1I. The molecule has 19 heavy (non-hydrogen) atoms. The Morgan fingerprint density at radius 3 is 2.53 bits per heavy atom. The van der Waals surface area contributed by atoms with Crippen LogP contribution in [0.2, 0.25) is 0 Å². The van der Waals surface area contributed by atoms with Crippen molar-refractivity contribution in [1.82, 2.24) is 0 Å². The first kappa shape index (κ1) is 13.7. The van der Waals surface area contributed by atoms with E-state index in [9.17, 15) is 13.6 Å². The number of aromatic hydroxyl groups is 1. The smallest absolute Gasteiger partial charge is 0.256 e. The molecule has 0 bridgehead atoms. The van der Waals surface area contributed by atoms with Gasteiger partial charge in [-0.15, -0.1) is 0 Å². The van der Waals surface area contributed by atoms with Crippen molar-refractivity contribution < 1.29 is 18.7 Å². The largest absolute Gasteiger partial charge is 0.508 e. The van der Waals surface area contributed by atoms with Crippen LogP contribution in [-0.2, 0) is 0 Å². The zero-order valence-corrected chi connectivity index (χ0v) is 11.6. The molecule has 2 aromatic rings. The van der Waals surface area contributed by atoms with Crippen molar-refractivity contribution in [1.29, 1.82) is 0 Å². The lowest BCUT2D eigenvalue weighted by Crippen LogP contribution is -2.14. The van der Waals surface area contributed by atoms with Gasteiger partial charge in [0.1, 0.15) is 17.4 Å². The Morgan fingerprint density at radius 1 is 1.16 bits per heavy atom. The van der Waals surface area contributed by atoms with Crippen molar-refractivity contribution in [3.63, 3.8) is 0 Å². The van der Waals surface area contributed by atoms with E-state index in [4.69, 9.17) is 5.11 Å². The van der Waals surface area contributed by atoms with Gasteiger partial charge < -0.3 is 10.4 Å². The second kappa shape index (κ2) is 5.52. The number of benzene rings is 2. The average Bonchev–Trinajstić information content (AvgIpc) is 2.32. The number of hydrogen-bond acceptors (Lipinski definition) is 2. The van der Waals surface area contributed by atoms with Gasteiger partial charge in [0.25, 0.3) is 5.91 Å². The highest BCUT2D eigenvalue weighted by Gasteiger charge is 2.13. The Bertz CT molecular complexity index is 647. The third-order valence-electron chi connectivity index (χ3n) is 2.38. The topological polar surface area (TPSA) is 49.3 Å². The van der Waals surface area contributed by atoms with Crippen LogP contribution in [0.3, 0.4) is 0 Å². The zero-order valence-electron chi connectivity index (χ0n) is 9.45. The summed E-state index contributed by atoms with van der Waals surface area (Å²) in [5, 5.41) is 11.4. The first-order valence-corrected chi connectivity index (χ1v) is 6.30. The average molecular weight is 375 g/mol. The van der Waals surface area contributed by atoms with E-state index in [1.165, 1.54) is 24.3 Å². The van der Waals surface area contributed by atoms with E-state index in [1.807, 2.05) is 22.6 Å². The molecule has 0 saturated carbocycles. The quantitative estimate of drug-likeness (QED) is 0.624. The van der Waals surface area contributed by atoms with Crippen molar-refractivity contribution in [3.05, 3.63) is 57.2 Å². The Morgan fingerprint density at radius 2 is 1.89 bits per heavy atom. The van der Waals surface area contributed by atoms with Gasteiger partial charge in [-0.2, -0.15) is 0 Å². The van der Waals surface area contributed by atoms with E-state index in [-0.39, 0.29) is 17.0 Å². The summed E-state index contributed by atoms with van der Waals surface area (Å²) in [6.07, 6.45) is 0. The van der Waals surface area contributed by atoms with Gasteiger partial charge >= 0.3 is 0 Å². The maximum absolute atomic E-state index is 13.5. The Balaban J connectivity index is 2.25. The first-order chi connectivity index (χ1) is 8.97. The molecule has 0 radical (unpaired) electrons. The molecule has 2 rings (SSSR count). The van der Waals surface area contributed by atoms with Gasteiger partial charge in [-0.05, 0) is 52.9 Å². The van der Waals surface area contributed by atoms with E-state index >= 15 is 0 Å². The summed E-state index contributed by atoms with van der Waals surface area (Å²) >= 11 is 1.82. The molecule has 0 aliphatic heterocycles. The summed E-state index contributed by atoms with van der Waals surface area (Å²) in [4.78, 5) is 11.9. The van der Waals surface area contributed by atoms with E-state index in [0.717, 1.165) is 12.1 Å². The molecule has 0 heterocycles. The molecule has 2 aromatic carbocycles. The number of hydrogen-bond donors (Lipinski definition) is 2. The van der Waals surface area contributed by atoms with Crippen molar-refractivity contribution in [2.75, 3.05) is 5.32 Å². The molecule has 0 atom stereocenters. The third kappa shape index (κ3) is 3.19. The monoisotopic (exact) mass is 375 g/mol. The van der Waals surface area contributed by atoms with Crippen LogP contribution in [0.1, 0.15) is 10.4 Å². The molecule has 0 aromatic heterocycles. The van der Waals surface area contributed by atoms with Crippen LogP contribution in [0.4, 0.5) is 14.5 Å². The van der Waals surface area contributed by atoms with Crippen molar-refractivity contribution >= 4 is 34.2 Å². The lowest BCUT2D eigenvalue weighted by atomic mass is 10.2. The third-order valence-corrected chi connectivity index (χ3v) is 3.27. The van der Waals surface area contributed by atoms with E-state index < -0.39 is 17.5 Å². The van der Waals surface area contributed by atoms with Gasteiger partial charge in [0, 0.05) is 9.64 Å². The maximum Gasteiger partial charge on any atom is 0.256 e. The normalized spacial score (nSPS) is 10.3. The Hall–Kier alpha value is -1.70. The zero-order chi connectivity index (χ0) is 14.0. The Labute approximate surface area is 121 Å². The number of amides is 1.